The smallest absolute Gasteiger partial charge is 0.367 e. The molecule has 0 amide bonds. The van der Waals surface area contributed by atoms with Crippen molar-refractivity contribution in [1.82, 2.24) is 15.2 Å². The summed E-state index contributed by atoms with van der Waals surface area (Å²) in [4.78, 5) is 18.2. The van der Waals surface area contributed by atoms with E-state index in [2.05, 4.69) is 22.2 Å². The molecule has 5 nitrogen and oxygen atoms in total. The Morgan fingerprint density at radius 1 is 1.68 bits per heavy atom. The molecule has 106 valence electrons. The van der Waals surface area contributed by atoms with Gasteiger partial charge in [-0.15, -0.1) is 11.3 Å². The Hall–Kier alpha value is -0.980. The van der Waals surface area contributed by atoms with Crippen LogP contribution in [0.15, 0.2) is 5.38 Å². The van der Waals surface area contributed by atoms with Gasteiger partial charge in [0.2, 0.25) is 5.01 Å². The summed E-state index contributed by atoms with van der Waals surface area (Å²) in [5.74, 6) is -0.319. The first-order chi connectivity index (χ1) is 9.20. The lowest BCUT2D eigenvalue weighted by molar-refractivity contribution is 0.0525. The maximum atomic E-state index is 11.5. The molecule has 1 aliphatic heterocycles. The topological polar surface area (TPSA) is 54.5 Å². The van der Waals surface area contributed by atoms with Gasteiger partial charge in [-0.3, -0.25) is 4.90 Å². The van der Waals surface area contributed by atoms with Gasteiger partial charge in [-0.1, -0.05) is 0 Å². The van der Waals surface area contributed by atoms with E-state index in [-0.39, 0.29) is 5.97 Å². The molecule has 2 heterocycles. The highest BCUT2D eigenvalue weighted by Crippen LogP contribution is 2.15. The number of likely N-dealkylation sites (N-methyl/N-ethyl adjacent to an activating group) is 1. The summed E-state index contributed by atoms with van der Waals surface area (Å²) in [7, 11) is 2.11. The minimum atomic E-state index is -0.319. The molecule has 1 saturated heterocycles. The predicted molar refractivity (Wildman–Crippen MR) is 75.4 cm³/mol. The Balaban J connectivity index is 1.90. The second-order valence-electron chi connectivity index (χ2n) is 4.78. The fourth-order valence-corrected chi connectivity index (χ4v) is 2.96. The molecule has 0 bridgehead atoms. The highest BCUT2D eigenvalue weighted by atomic mass is 32.1. The van der Waals surface area contributed by atoms with Gasteiger partial charge >= 0.3 is 5.97 Å². The van der Waals surface area contributed by atoms with Crippen LogP contribution in [-0.4, -0.2) is 48.6 Å². The molecule has 0 spiro atoms. The van der Waals surface area contributed by atoms with Crippen LogP contribution in [-0.2, 0) is 11.3 Å². The van der Waals surface area contributed by atoms with Gasteiger partial charge in [-0.05, 0) is 33.4 Å². The van der Waals surface area contributed by atoms with Gasteiger partial charge in [-0.2, -0.15) is 0 Å². The fraction of sp³-hybridized carbons (Fsp3) is 0.692. The van der Waals surface area contributed by atoms with E-state index >= 15 is 0 Å². The van der Waals surface area contributed by atoms with Crippen LogP contribution in [0.25, 0.3) is 0 Å². The van der Waals surface area contributed by atoms with E-state index in [0.29, 0.717) is 17.7 Å². The number of ether oxygens (including phenoxy) is 1. The molecular weight excluding hydrogens is 262 g/mol. The average Bonchev–Trinajstić information content (AvgIpc) is 2.88. The molecule has 0 aromatic carbocycles. The fourth-order valence-electron chi connectivity index (χ4n) is 2.26. The number of hydrogen-bond donors (Lipinski definition) is 1. The van der Waals surface area contributed by atoms with Crippen LogP contribution in [0.4, 0.5) is 0 Å². The summed E-state index contributed by atoms with van der Waals surface area (Å²) in [6.07, 6.45) is 2.44. The number of aromatic nitrogens is 1. The molecule has 1 atom stereocenters. The molecule has 1 aliphatic rings. The molecule has 2 rings (SSSR count). The van der Waals surface area contributed by atoms with Crippen molar-refractivity contribution in [2.45, 2.75) is 32.4 Å². The van der Waals surface area contributed by atoms with Gasteiger partial charge in [0.1, 0.15) is 0 Å². The molecule has 1 aromatic heterocycles. The highest BCUT2D eigenvalue weighted by Gasteiger charge is 2.19. The van der Waals surface area contributed by atoms with Crippen LogP contribution in [0.2, 0.25) is 0 Å². The lowest BCUT2D eigenvalue weighted by Gasteiger charge is -2.31. The average molecular weight is 283 g/mol. The van der Waals surface area contributed by atoms with Gasteiger partial charge in [0.15, 0.2) is 0 Å². The van der Waals surface area contributed by atoms with Crippen LogP contribution in [0.1, 0.15) is 35.3 Å². The van der Waals surface area contributed by atoms with E-state index in [1.54, 1.807) is 6.92 Å². The summed E-state index contributed by atoms with van der Waals surface area (Å²) < 4.78 is 4.95. The molecule has 6 heteroatoms. The number of hydrogen-bond acceptors (Lipinski definition) is 6. The molecule has 0 aliphatic carbocycles. The Bertz CT molecular complexity index is 416. The standard InChI is InChI=1S/C13H21N3O2S/c1-3-18-13(17)12-15-10(9-19-12)8-16(2)11-5-4-6-14-7-11/h9,11,14H,3-8H2,1-2H3. The van der Waals surface area contributed by atoms with Crippen molar-refractivity contribution in [3.8, 4) is 0 Å². The van der Waals surface area contributed by atoms with Gasteiger partial charge in [-0.25, -0.2) is 9.78 Å². The first kappa shape index (κ1) is 14.4. The van der Waals surface area contributed by atoms with E-state index in [4.69, 9.17) is 4.74 Å². The van der Waals surface area contributed by atoms with Crippen LogP contribution in [0, 0.1) is 0 Å². The molecule has 1 aromatic rings. The first-order valence-electron chi connectivity index (χ1n) is 6.73. The second kappa shape index (κ2) is 6.98. The summed E-state index contributed by atoms with van der Waals surface area (Å²) in [5, 5.41) is 5.80. The second-order valence-corrected chi connectivity index (χ2v) is 5.64. The largest absolute Gasteiger partial charge is 0.461 e. The van der Waals surface area contributed by atoms with Crippen LogP contribution < -0.4 is 5.32 Å². The van der Waals surface area contributed by atoms with E-state index < -0.39 is 0 Å². The van der Waals surface area contributed by atoms with Crippen LogP contribution in [0.3, 0.4) is 0 Å². The predicted octanol–water partition coefficient (Wildman–Crippen LogP) is 1.50. The molecule has 1 fully saturated rings. The number of thiazole rings is 1. The molecule has 0 saturated carbocycles. The quantitative estimate of drug-likeness (QED) is 0.830. The van der Waals surface area contributed by atoms with Crippen LogP contribution >= 0.6 is 11.3 Å². The molecule has 19 heavy (non-hydrogen) atoms. The maximum absolute atomic E-state index is 11.5. The zero-order valence-corrected chi connectivity index (χ0v) is 12.3. The SMILES string of the molecule is CCOC(=O)c1nc(CN(C)C2CCCNC2)cs1. The van der Waals surface area contributed by atoms with E-state index in [9.17, 15) is 4.79 Å². The molecule has 1 unspecified atom stereocenters. The zero-order chi connectivity index (χ0) is 13.7. The van der Waals surface area contributed by atoms with Gasteiger partial charge in [0, 0.05) is 24.5 Å². The van der Waals surface area contributed by atoms with Gasteiger partial charge in [0.05, 0.1) is 12.3 Å². The third-order valence-electron chi connectivity index (χ3n) is 3.31. The number of carbonyl (C=O) groups is 1. The minimum Gasteiger partial charge on any atom is -0.461 e. The Morgan fingerprint density at radius 2 is 2.53 bits per heavy atom. The van der Waals surface area contributed by atoms with Crippen molar-refractivity contribution < 1.29 is 9.53 Å². The molecule has 1 N–H and O–H groups in total. The van der Waals surface area contributed by atoms with E-state index in [0.717, 1.165) is 25.3 Å². The zero-order valence-electron chi connectivity index (χ0n) is 11.5. The van der Waals surface area contributed by atoms with Crippen molar-refractivity contribution in [2.24, 2.45) is 0 Å². The van der Waals surface area contributed by atoms with E-state index in [1.807, 2.05) is 5.38 Å². The van der Waals surface area contributed by atoms with Crippen LogP contribution in [0.5, 0.6) is 0 Å². The Labute approximate surface area is 118 Å². The van der Waals surface area contributed by atoms with Gasteiger partial charge < -0.3 is 10.1 Å². The van der Waals surface area contributed by atoms with Crippen molar-refractivity contribution in [2.75, 3.05) is 26.7 Å². The molecule has 0 radical (unpaired) electrons. The minimum absolute atomic E-state index is 0.319. The number of piperidine rings is 1. The number of esters is 1. The lowest BCUT2D eigenvalue weighted by atomic mass is 10.1. The van der Waals surface area contributed by atoms with Crippen molar-refractivity contribution >= 4 is 17.3 Å². The number of rotatable bonds is 5. The maximum Gasteiger partial charge on any atom is 0.367 e. The number of nitrogens with one attached hydrogen (secondary N) is 1. The monoisotopic (exact) mass is 283 g/mol. The van der Waals surface area contributed by atoms with Gasteiger partial charge in [0.25, 0.3) is 0 Å². The third-order valence-corrected chi connectivity index (χ3v) is 4.18. The summed E-state index contributed by atoms with van der Waals surface area (Å²) >= 11 is 1.36. The number of carbonyl (C=O) groups excluding carboxylic acids is 1. The molecular formula is C13H21N3O2S. The van der Waals surface area contributed by atoms with Crippen molar-refractivity contribution in [1.29, 1.82) is 0 Å². The lowest BCUT2D eigenvalue weighted by Crippen LogP contribution is -2.43. The van der Waals surface area contributed by atoms with E-state index in [1.165, 1.54) is 24.2 Å². The van der Waals surface area contributed by atoms with Crippen molar-refractivity contribution in [3.63, 3.8) is 0 Å². The first-order valence-corrected chi connectivity index (χ1v) is 7.61. The highest BCUT2D eigenvalue weighted by molar-refractivity contribution is 7.11. The summed E-state index contributed by atoms with van der Waals surface area (Å²) in [6.45, 7) is 5.12. The number of nitrogens with zero attached hydrogens (tertiary/aromatic N) is 2. The normalized spacial score (nSPS) is 19.6. The Kier molecular flexibility index (Phi) is 5.30. The summed E-state index contributed by atoms with van der Waals surface area (Å²) in [6, 6.07) is 0.557. The summed E-state index contributed by atoms with van der Waals surface area (Å²) in [5.41, 5.74) is 0.945. The Morgan fingerprint density at radius 3 is 3.21 bits per heavy atom. The third kappa shape index (κ3) is 3.99. The van der Waals surface area contributed by atoms with Crippen molar-refractivity contribution in [3.05, 3.63) is 16.1 Å².